The van der Waals surface area contributed by atoms with Crippen LogP contribution in [0.25, 0.3) is 0 Å². The average Bonchev–Trinajstić information content (AvgIpc) is 2.78. The molecule has 0 aromatic rings. The van der Waals surface area contributed by atoms with Gasteiger partial charge in [0.25, 0.3) is 0 Å². The highest BCUT2D eigenvalue weighted by Crippen LogP contribution is 2.76. The third kappa shape index (κ3) is 3.43. The molecule has 37 heavy (non-hydrogen) atoms. The van der Waals surface area contributed by atoms with E-state index in [0.29, 0.717) is 6.42 Å². The molecule has 5 nitrogen and oxygen atoms in total. The molecule has 5 heteroatoms. The Bertz CT molecular complexity index is 1100. The van der Waals surface area contributed by atoms with Crippen LogP contribution < -0.4 is 0 Å². The molecular formula is C32H47NO4. The van der Waals surface area contributed by atoms with E-state index >= 15 is 0 Å². The molecule has 5 aliphatic rings. The van der Waals surface area contributed by atoms with Gasteiger partial charge in [-0.05, 0) is 102 Å². The zero-order valence-electron chi connectivity index (χ0n) is 24.0. The molecule has 0 aromatic heterocycles. The van der Waals surface area contributed by atoms with E-state index in [4.69, 9.17) is 0 Å². The molecule has 0 bridgehead atoms. The summed E-state index contributed by atoms with van der Waals surface area (Å²) < 4.78 is 0. The number of carbonyl (C=O) groups excluding carboxylic acids is 1. The Morgan fingerprint density at radius 1 is 1.00 bits per heavy atom. The number of ketones is 1. The first-order valence-corrected chi connectivity index (χ1v) is 14.6. The highest BCUT2D eigenvalue weighted by Gasteiger charge is 2.72. The first kappa shape index (κ1) is 26.9. The largest absolute Gasteiger partial charge is 0.481 e. The van der Waals surface area contributed by atoms with Crippen molar-refractivity contribution >= 4 is 11.8 Å². The number of nitriles is 1. The molecule has 0 aromatic carbocycles. The smallest absolute Gasteiger partial charge is 0.303 e. The fraction of sp³-hybridized carbons (Fsp3) is 0.844. The first-order chi connectivity index (χ1) is 17.0. The molecule has 0 saturated heterocycles. The molecule has 0 aliphatic heterocycles. The van der Waals surface area contributed by atoms with E-state index in [9.17, 15) is 25.1 Å². The van der Waals surface area contributed by atoms with Gasteiger partial charge in [0.1, 0.15) is 6.07 Å². The lowest BCUT2D eigenvalue weighted by Gasteiger charge is -2.73. The van der Waals surface area contributed by atoms with Crippen molar-refractivity contribution in [2.75, 3.05) is 0 Å². The van der Waals surface area contributed by atoms with Gasteiger partial charge < -0.3 is 10.2 Å². The second-order valence-corrected chi connectivity index (χ2v) is 15.8. The summed E-state index contributed by atoms with van der Waals surface area (Å²) in [7, 11) is 0. The topological polar surface area (TPSA) is 98.4 Å². The minimum Gasteiger partial charge on any atom is -0.481 e. The van der Waals surface area contributed by atoms with E-state index in [0.717, 1.165) is 44.9 Å². The highest BCUT2D eigenvalue weighted by molar-refractivity contribution is 6.04. The molecule has 4 saturated carbocycles. The molecule has 0 amide bonds. The van der Waals surface area contributed by atoms with Crippen molar-refractivity contribution in [2.45, 2.75) is 112 Å². The van der Waals surface area contributed by atoms with E-state index < -0.39 is 17.5 Å². The van der Waals surface area contributed by atoms with Gasteiger partial charge in [-0.3, -0.25) is 9.59 Å². The number of allylic oxidation sites excluding steroid dienone is 2. The molecule has 9 atom stereocenters. The van der Waals surface area contributed by atoms with Gasteiger partial charge in [0.2, 0.25) is 0 Å². The normalized spacial score (nSPS) is 49.9. The Morgan fingerprint density at radius 2 is 1.65 bits per heavy atom. The lowest BCUT2D eigenvalue weighted by atomic mass is 9.31. The second kappa shape index (κ2) is 7.93. The summed E-state index contributed by atoms with van der Waals surface area (Å²) >= 11 is 0. The maximum Gasteiger partial charge on any atom is 0.303 e. The van der Waals surface area contributed by atoms with E-state index in [1.807, 2.05) is 19.9 Å². The van der Waals surface area contributed by atoms with E-state index in [-0.39, 0.29) is 68.5 Å². The summed E-state index contributed by atoms with van der Waals surface area (Å²) in [6, 6.07) is 2.22. The van der Waals surface area contributed by atoms with Crippen LogP contribution in [0.4, 0.5) is 0 Å². The summed E-state index contributed by atoms with van der Waals surface area (Å²) in [6.07, 6.45) is 9.07. The van der Waals surface area contributed by atoms with Gasteiger partial charge >= 0.3 is 5.97 Å². The molecule has 2 N–H and O–H groups in total. The van der Waals surface area contributed by atoms with Crippen LogP contribution in [-0.2, 0) is 9.59 Å². The molecule has 0 heterocycles. The van der Waals surface area contributed by atoms with Crippen LogP contribution in [0.15, 0.2) is 11.6 Å². The summed E-state index contributed by atoms with van der Waals surface area (Å²) in [6.45, 7) is 15.7. The van der Waals surface area contributed by atoms with Crippen molar-refractivity contribution < 1.29 is 19.8 Å². The van der Waals surface area contributed by atoms with Crippen LogP contribution in [0.3, 0.4) is 0 Å². The van der Waals surface area contributed by atoms with Gasteiger partial charge in [0.05, 0.1) is 18.1 Å². The number of Topliss-reactive ketones (excluding diaryl/α,β-unsaturated/α-hetero) is 1. The fourth-order valence-corrected chi connectivity index (χ4v) is 11.3. The summed E-state index contributed by atoms with van der Waals surface area (Å²) in [5, 5.41) is 31.9. The lowest BCUT2D eigenvalue weighted by Crippen LogP contribution is -2.69. The monoisotopic (exact) mass is 509 g/mol. The predicted molar refractivity (Wildman–Crippen MR) is 142 cm³/mol. The lowest BCUT2D eigenvalue weighted by molar-refractivity contribution is -0.261. The van der Waals surface area contributed by atoms with Gasteiger partial charge in [-0.15, -0.1) is 0 Å². The van der Waals surface area contributed by atoms with Crippen molar-refractivity contribution in [2.24, 2.45) is 56.2 Å². The number of aliphatic hydroxyl groups excluding tert-OH is 1. The third-order valence-corrected chi connectivity index (χ3v) is 13.4. The number of nitrogens with zero attached hydrogens (tertiary/aromatic N) is 1. The van der Waals surface area contributed by atoms with Gasteiger partial charge in [0.15, 0.2) is 5.78 Å². The molecule has 204 valence electrons. The second-order valence-electron chi connectivity index (χ2n) is 15.8. The molecule has 5 aliphatic carbocycles. The van der Waals surface area contributed by atoms with Gasteiger partial charge in [-0.2, -0.15) is 5.26 Å². The molecule has 2 unspecified atom stereocenters. The average molecular weight is 510 g/mol. The van der Waals surface area contributed by atoms with Crippen LogP contribution in [-0.4, -0.2) is 28.1 Å². The van der Waals surface area contributed by atoms with Gasteiger partial charge in [-0.25, -0.2) is 0 Å². The summed E-state index contributed by atoms with van der Waals surface area (Å²) in [5.74, 6) is -0.188. The molecule has 5 rings (SSSR count). The number of hydrogen-bond donors (Lipinski definition) is 2. The van der Waals surface area contributed by atoms with Gasteiger partial charge in [-0.1, -0.05) is 54.5 Å². The van der Waals surface area contributed by atoms with Crippen molar-refractivity contribution in [3.63, 3.8) is 0 Å². The maximum atomic E-state index is 13.2. The Kier molecular flexibility index (Phi) is 5.77. The van der Waals surface area contributed by atoms with Crippen molar-refractivity contribution in [3.8, 4) is 6.07 Å². The number of carboxylic acid groups (broad SMARTS) is 1. The van der Waals surface area contributed by atoms with Crippen LogP contribution >= 0.6 is 0 Å². The van der Waals surface area contributed by atoms with Crippen LogP contribution in [0.2, 0.25) is 0 Å². The Labute approximate surface area is 223 Å². The Morgan fingerprint density at radius 3 is 2.27 bits per heavy atom. The van der Waals surface area contributed by atoms with Crippen molar-refractivity contribution in [3.05, 3.63) is 11.6 Å². The highest BCUT2D eigenvalue weighted by atomic mass is 16.4. The van der Waals surface area contributed by atoms with Crippen molar-refractivity contribution in [1.29, 1.82) is 5.26 Å². The van der Waals surface area contributed by atoms with Crippen LogP contribution in [0, 0.1) is 67.5 Å². The van der Waals surface area contributed by atoms with E-state index in [1.165, 1.54) is 0 Å². The minimum absolute atomic E-state index is 0.0397. The standard InChI is InChI=1S/C32H47NO4/c1-27(2)10-12-32(17-24(35)36)13-11-31(7)25(20(32)16-27)21(34)14-23-29(5)15-19(18-33)26(37)28(3,4)22(29)8-9-30(23,31)6/h15,20-23,25,34H,8-14,16-17H2,1-7H3,(H,35,36)/t20?,21-,22+,23-,25?,29+,30-,31-,32-/m1/s1. The van der Waals surface area contributed by atoms with Crippen LogP contribution in [0.5, 0.6) is 0 Å². The number of aliphatic hydroxyl groups is 1. The van der Waals surface area contributed by atoms with Gasteiger partial charge in [0, 0.05) is 5.41 Å². The maximum absolute atomic E-state index is 13.2. The summed E-state index contributed by atoms with van der Waals surface area (Å²) in [5.41, 5.74) is -0.940. The van der Waals surface area contributed by atoms with Crippen molar-refractivity contribution in [1.82, 2.24) is 0 Å². The fourth-order valence-electron chi connectivity index (χ4n) is 11.3. The number of hydrogen-bond acceptors (Lipinski definition) is 4. The van der Waals surface area contributed by atoms with Crippen LogP contribution in [0.1, 0.15) is 106 Å². The minimum atomic E-state index is -0.709. The van der Waals surface area contributed by atoms with E-state index in [1.54, 1.807) is 0 Å². The number of carbonyl (C=O) groups is 2. The number of aliphatic carboxylic acids is 1. The Balaban J connectivity index is 1.63. The SMILES string of the molecule is CC1(C)CC[C@]2(CC(=O)O)CC[C@]3(C)C(C2C1)[C@H](O)C[C@@H]1[C@@]2(C)C=C(C#N)C(=O)C(C)(C)[C@@H]2CC[C@]13C. The molecule has 4 fully saturated rings. The molecular weight excluding hydrogens is 462 g/mol. The zero-order chi connectivity index (χ0) is 27.4. The zero-order valence-corrected chi connectivity index (χ0v) is 24.0. The predicted octanol–water partition coefficient (Wildman–Crippen LogP) is 6.55. The number of rotatable bonds is 2. The molecule has 0 spiro atoms. The third-order valence-electron chi connectivity index (χ3n) is 13.4. The quantitative estimate of drug-likeness (QED) is 0.440. The first-order valence-electron chi connectivity index (χ1n) is 14.6. The number of carboxylic acids is 1. The Hall–Kier alpha value is -1.67. The molecule has 0 radical (unpaired) electrons. The number of fused-ring (bicyclic) bond motifs is 7. The van der Waals surface area contributed by atoms with E-state index in [2.05, 4.69) is 40.7 Å². The summed E-state index contributed by atoms with van der Waals surface area (Å²) in [4.78, 5) is 25.3.